The maximum absolute atomic E-state index is 14.8. The number of fused-ring (bicyclic) bond motifs is 2. The molecule has 14 nitrogen and oxygen atoms in total. The molecule has 4 fully saturated rings. The molecule has 3 aliphatic heterocycles. The molecule has 0 aromatic heterocycles. The molecule has 1 saturated heterocycles. The number of rotatable bonds is 9. The van der Waals surface area contributed by atoms with Crippen LogP contribution in [0.25, 0.3) is 0 Å². The molecule has 5 amide bonds. The second-order valence-corrected chi connectivity index (χ2v) is 17.7. The van der Waals surface area contributed by atoms with Crippen molar-refractivity contribution in [2.24, 2.45) is 5.92 Å². The Morgan fingerprint density at radius 1 is 0.964 bits per heavy atom. The van der Waals surface area contributed by atoms with E-state index in [4.69, 9.17) is 9.47 Å². The SMILES string of the molecule is C=C[C@@H]1CC1(NC(=O)[C@@H]1C[C@@H](OC(=O)N2Cc3cccc(F)c3C2)C2C/C=C\CCCCCC(NC(=O)OC3CCCC3)C(=O)N21)C(=O)NS(=O)(=O)C1CC1. The van der Waals surface area contributed by atoms with Crippen LogP contribution in [0.5, 0.6) is 0 Å². The first-order chi connectivity index (χ1) is 26.4. The first-order valence-electron chi connectivity index (χ1n) is 19.6. The Balaban J connectivity index is 1.17. The van der Waals surface area contributed by atoms with E-state index in [9.17, 15) is 36.8 Å². The highest BCUT2D eigenvalue weighted by Gasteiger charge is 2.62. The number of halogens is 1. The Bertz CT molecular complexity index is 1850. The zero-order chi connectivity index (χ0) is 38.9. The van der Waals surface area contributed by atoms with E-state index < -0.39 is 86.7 Å². The quantitative estimate of drug-likeness (QED) is 0.309. The molecule has 3 aliphatic carbocycles. The lowest BCUT2D eigenvalue weighted by Crippen LogP contribution is -2.59. The third-order valence-electron chi connectivity index (χ3n) is 11.9. The minimum absolute atomic E-state index is 0.00979. The van der Waals surface area contributed by atoms with Gasteiger partial charge in [-0.25, -0.2) is 22.4 Å². The predicted molar refractivity (Wildman–Crippen MR) is 197 cm³/mol. The van der Waals surface area contributed by atoms with Crippen molar-refractivity contribution in [3.8, 4) is 0 Å². The van der Waals surface area contributed by atoms with Crippen LogP contribution < -0.4 is 15.4 Å². The molecule has 3 saturated carbocycles. The van der Waals surface area contributed by atoms with E-state index in [0.717, 1.165) is 44.9 Å². The molecule has 0 radical (unpaired) electrons. The van der Waals surface area contributed by atoms with Crippen LogP contribution in [0, 0.1) is 11.7 Å². The number of carbonyl (C=O) groups is 5. The van der Waals surface area contributed by atoms with Gasteiger partial charge in [0, 0.05) is 24.4 Å². The van der Waals surface area contributed by atoms with E-state index in [1.807, 2.05) is 12.2 Å². The molecular formula is C39H50FN5O9S. The summed E-state index contributed by atoms with van der Waals surface area (Å²) in [5, 5.41) is 4.88. The Morgan fingerprint density at radius 2 is 1.73 bits per heavy atom. The molecule has 1 aromatic carbocycles. The summed E-state index contributed by atoms with van der Waals surface area (Å²) < 4.78 is 54.0. The van der Waals surface area contributed by atoms with E-state index in [-0.39, 0.29) is 44.9 Å². The zero-order valence-electron chi connectivity index (χ0n) is 30.9. The molecule has 0 spiro atoms. The van der Waals surface area contributed by atoms with Crippen molar-refractivity contribution in [2.75, 3.05) is 0 Å². The molecule has 55 heavy (non-hydrogen) atoms. The third kappa shape index (κ3) is 8.38. The first kappa shape index (κ1) is 38.8. The molecule has 3 N–H and O–H groups in total. The molecule has 3 heterocycles. The number of alkyl carbamates (subject to hydrolysis) is 1. The summed E-state index contributed by atoms with van der Waals surface area (Å²) in [5.41, 5.74) is -0.576. The van der Waals surface area contributed by atoms with Crippen LogP contribution in [0.3, 0.4) is 0 Å². The van der Waals surface area contributed by atoms with Crippen molar-refractivity contribution in [1.82, 2.24) is 25.2 Å². The van der Waals surface area contributed by atoms with Crippen LogP contribution in [-0.2, 0) is 47.0 Å². The number of ether oxygens (including phenoxy) is 2. The van der Waals surface area contributed by atoms with Gasteiger partial charge in [-0.1, -0.05) is 43.2 Å². The van der Waals surface area contributed by atoms with Crippen molar-refractivity contribution < 1.29 is 46.3 Å². The van der Waals surface area contributed by atoms with Gasteiger partial charge in [-0.05, 0) is 82.3 Å². The maximum atomic E-state index is 14.8. The van der Waals surface area contributed by atoms with Crippen LogP contribution in [0.15, 0.2) is 43.0 Å². The van der Waals surface area contributed by atoms with Gasteiger partial charge >= 0.3 is 12.2 Å². The van der Waals surface area contributed by atoms with Gasteiger partial charge in [-0.3, -0.25) is 24.0 Å². The topological polar surface area (TPSA) is 181 Å². The van der Waals surface area contributed by atoms with Gasteiger partial charge in [-0.2, -0.15) is 0 Å². The Labute approximate surface area is 320 Å². The Hall–Kier alpha value is -4.47. The molecule has 1 aromatic rings. The summed E-state index contributed by atoms with van der Waals surface area (Å²) >= 11 is 0. The fourth-order valence-electron chi connectivity index (χ4n) is 8.49. The maximum Gasteiger partial charge on any atom is 0.410 e. The molecular weight excluding hydrogens is 734 g/mol. The lowest BCUT2D eigenvalue weighted by atomic mass is 10.0. The van der Waals surface area contributed by atoms with Gasteiger partial charge in [-0.15, -0.1) is 6.58 Å². The van der Waals surface area contributed by atoms with Crippen LogP contribution in [0.1, 0.15) is 101 Å². The van der Waals surface area contributed by atoms with Crippen molar-refractivity contribution in [2.45, 2.75) is 144 Å². The van der Waals surface area contributed by atoms with Gasteiger partial charge in [0.15, 0.2) is 0 Å². The van der Waals surface area contributed by atoms with Crippen molar-refractivity contribution in [1.29, 1.82) is 0 Å². The molecule has 6 aliphatic rings. The number of carbonyl (C=O) groups excluding carboxylic acids is 5. The normalized spacial score (nSPS) is 30.2. The number of sulfonamides is 1. The number of benzene rings is 1. The summed E-state index contributed by atoms with van der Waals surface area (Å²) in [6.45, 7) is 3.88. The molecule has 7 rings (SSSR count). The first-order valence-corrected chi connectivity index (χ1v) is 21.1. The highest BCUT2D eigenvalue weighted by molar-refractivity contribution is 7.91. The van der Waals surface area contributed by atoms with E-state index in [2.05, 4.69) is 21.9 Å². The highest BCUT2D eigenvalue weighted by Crippen LogP contribution is 2.46. The van der Waals surface area contributed by atoms with Crippen molar-refractivity contribution >= 4 is 39.9 Å². The zero-order valence-corrected chi connectivity index (χ0v) is 31.7. The van der Waals surface area contributed by atoms with Crippen LogP contribution in [0.4, 0.5) is 14.0 Å². The molecule has 0 bridgehead atoms. The molecule has 298 valence electrons. The fraction of sp³-hybridized carbons (Fsp3) is 0.615. The summed E-state index contributed by atoms with van der Waals surface area (Å²) in [4.78, 5) is 72.5. The van der Waals surface area contributed by atoms with E-state index in [1.54, 1.807) is 12.1 Å². The average molecular weight is 784 g/mol. The second-order valence-electron chi connectivity index (χ2n) is 15.8. The van der Waals surface area contributed by atoms with Crippen molar-refractivity contribution in [3.05, 3.63) is 60.0 Å². The fourth-order valence-corrected chi connectivity index (χ4v) is 9.85. The number of allylic oxidation sites excluding steroid dienone is 1. The van der Waals surface area contributed by atoms with E-state index >= 15 is 0 Å². The minimum Gasteiger partial charge on any atom is -0.446 e. The Kier molecular flexibility index (Phi) is 11.2. The number of hydrogen-bond donors (Lipinski definition) is 3. The van der Waals surface area contributed by atoms with Gasteiger partial charge in [0.05, 0.1) is 17.8 Å². The van der Waals surface area contributed by atoms with Gasteiger partial charge in [0.1, 0.15) is 35.6 Å². The largest absolute Gasteiger partial charge is 0.446 e. The van der Waals surface area contributed by atoms with Crippen LogP contribution in [-0.4, -0.2) is 89.2 Å². The number of nitrogens with zero attached hydrogens (tertiary/aromatic N) is 2. The lowest BCUT2D eigenvalue weighted by Gasteiger charge is -2.34. The minimum atomic E-state index is -3.94. The van der Waals surface area contributed by atoms with E-state index in [0.29, 0.717) is 30.4 Å². The monoisotopic (exact) mass is 783 g/mol. The molecule has 3 unspecified atom stereocenters. The van der Waals surface area contributed by atoms with Gasteiger partial charge in [0.25, 0.3) is 5.91 Å². The average Bonchev–Trinajstić information content (AvgIpc) is 3.97. The second kappa shape index (κ2) is 15.9. The predicted octanol–water partition coefficient (Wildman–Crippen LogP) is 4.23. The van der Waals surface area contributed by atoms with Crippen LogP contribution in [0.2, 0.25) is 0 Å². The summed E-state index contributed by atoms with van der Waals surface area (Å²) in [7, 11) is -3.94. The van der Waals surface area contributed by atoms with E-state index in [1.165, 1.54) is 21.9 Å². The van der Waals surface area contributed by atoms with Crippen molar-refractivity contribution in [3.63, 3.8) is 0 Å². The standard InChI is InChI=1S/C39H50FN5O9S/c1-2-25-21-39(25,36(48)43-55(51,52)27-18-19-27)42-34(46)32-20-33(54-38(50)44-22-24-12-11-15-29(40)28(24)23-44)31-17-8-6-4-3-5-7-16-30(35(47)45(31)32)41-37(49)53-26-13-9-10-14-26/h2,6,8,11-12,15,25-27,30-33H,1,3-5,7,9-10,13-14,16-23H2,(H,41,49)(H,42,46)(H,43,48)/b8-6-/t25-,30?,31?,32+,33-,39?/m1/s1. The summed E-state index contributed by atoms with van der Waals surface area (Å²) in [6.07, 6.45) is 10.3. The van der Waals surface area contributed by atoms with Gasteiger partial charge < -0.3 is 25.0 Å². The summed E-state index contributed by atoms with van der Waals surface area (Å²) in [5.74, 6) is -3.19. The number of amides is 5. The molecule has 16 heteroatoms. The number of nitrogens with one attached hydrogen (secondary N) is 3. The highest BCUT2D eigenvalue weighted by atomic mass is 32.2. The summed E-state index contributed by atoms with van der Waals surface area (Å²) in [6, 6.07) is 1.45. The smallest absolute Gasteiger partial charge is 0.410 e. The van der Waals surface area contributed by atoms with Crippen LogP contribution >= 0.6 is 0 Å². The van der Waals surface area contributed by atoms with Gasteiger partial charge in [0.2, 0.25) is 21.8 Å². The lowest BCUT2D eigenvalue weighted by molar-refractivity contribution is -0.143. The number of hydrogen-bond acceptors (Lipinski definition) is 9. The Morgan fingerprint density at radius 3 is 2.44 bits per heavy atom. The molecule has 6 atom stereocenters. The third-order valence-corrected chi connectivity index (χ3v) is 13.7.